The lowest BCUT2D eigenvalue weighted by atomic mass is 10.2. The second-order valence-electron chi connectivity index (χ2n) is 5.07. The van der Waals surface area contributed by atoms with Crippen LogP contribution in [0.4, 0.5) is 15.8 Å². The number of nitrogens with zero attached hydrogens (tertiary/aromatic N) is 2. The molecule has 23 heavy (non-hydrogen) atoms. The Balaban J connectivity index is 2.18. The number of amides is 1. The molecular weight excluding hydrogens is 309 g/mol. The molecule has 0 aromatic heterocycles. The first kappa shape index (κ1) is 17.1. The quantitative estimate of drug-likeness (QED) is 0.649. The van der Waals surface area contributed by atoms with Crippen LogP contribution in [0.15, 0.2) is 12.1 Å². The van der Waals surface area contributed by atoms with Crippen molar-refractivity contribution in [3.63, 3.8) is 0 Å². The van der Waals surface area contributed by atoms with Crippen molar-refractivity contribution in [2.24, 2.45) is 0 Å². The number of carbonyl (C=O) groups is 1. The number of nitrogens with one attached hydrogen (secondary N) is 1. The van der Waals surface area contributed by atoms with Crippen molar-refractivity contribution >= 4 is 17.3 Å². The van der Waals surface area contributed by atoms with Gasteiger partial charge in [-0.25, -0.2) is 0 Å². The summed E-state index contributed by atoms with van der Waals surface area (Å²) < 4.78 is 23.8. The number of benzene rings is 1. The van der Waals surface area contributed by atoms with Crippen LogP contribution in [0.3, 0.4) is 0 Å². The number of hydrogen-bond donors (Lipinski definition) is 1. The fourth-order valence-corrected chi connectivity index (χ4v) is 2.32. The van der Waals surface area contributed by atoms with E-state index in [1.807, 2.05) is 4.90 Å². The van der Waals surface area contributed by atoms with E-state index in [1.165, 1.54) is 7.11 Å². The Morgan fingerprint density at radius 3 is 2.70 bits per heavy atom. The van der Waals surface area contributed by atoms with Gasteiger partial charge in [-0.3, -0.25) is 19.8 Å². The van der Waals surface area contributed by atoms with E-state index < -0.39 is 22.5 Å². The molecule has 9 heteroatoms. The van der Waals surface area contributed by atoms with Crippen molar-refractivity contribution in [2.45, 2.75) is 13.0 Å². The highest BCUT2D eigenvalue weighted by Crippen LogP contribution is 2.32. The number of rotatable bonds is 5. The molecule has 8 nitrogen and oxygen atoms in total. The van der Waals surface area contributed by atoms with E-state index in [0.29, 0.717) is 26.3 Å². The van der Waals surface area contributed by atoms with Gasteiger partial charge in [0.15, 0.2) is 0 Å². The number of hydrogen-bond acceptors (Lipinski definition) is 6. The topological polar surface area (TPSA) is 93.9 Å². The van der Waals surface area contributed by atoms with E-state index in [4.69, 9.17) is 9.47 Å². The maximum absolute atomic E-state index is 13.6. The van der Waals surface area contributed by atoms with Crippen molar-refractivity contribution in [1.29, 1.82) is 0 Å². The third-order valence-electron chi connectivity index (χ3n) is 3.70. The van der Waals surface area contributed by atoms with Gasteiger partial charge >= 0.3 is 5.69 Å². The fourth-order valence-electron chi connectivity index (χ4n) is 2.32. The van der Waals surface area contributed by atoms with Gasteiger partial charge in [0.1, 0.15) is 5.75 Å². The first-order chi connectivity index (χ1) is 10.9. The highest BCUT2D eigenvalue weighted by Gasteiger charge is 2.25. The normalized spacial score (nSPS) is 16.7. The Labute approximate surface area is 132 Å². The Hall–Kier alpha value is -2.26. The van der Waals surface area contributed by atoms with E-state index >= 15 is 0 Å². The van der Waals surface area contributed by atoms with Crippen LogP contribution >= 0.6 is 0 Å². The summed E-state index contributed by atoms with van der Waals surface area (Å²) in [6.07, 6.45) is 0. The SMILES string of the molecule is COc1cc(F)c([N+](=O)[O-])cc1NC(=O)C(C)N1CCOCC1. The number of carbonyl (C=O) groups excluding carboxylic acids is 1. The van der Waals surface area contributed by atoms with Gasteiger partial charge in [0.05, 0.1) is 37.0 Å². The molecule has 1 fully saturated rings. The Morgan fingerprint density at radius 2 is 2.13 bits per heavy atom. The van der Waals surface area contributed by atoms with Crippen molar-refractivity contribution in [2.75, 3.05) is 38.7 Å². The summed E-state index contributed by atoms with van der Waals surface area (Å²) in [5.74, 6) is -1.35. The molecule has 1 atom stereocenters. The zero-order valence-corrected chi connectivity index (χ0v) is 12.9. The largest absolute Gasteiger partial charge is 0.494 e. The summed E-state index contributed by atoms with van der Waals surface area (Å²) in [6, 6.07) is 1.39. The van der Waals surface area contributed by atoms with Gasteiger partial charge in [-0.1, -0.05) is 0 Å². The van der Waals surface area contributed by atoms with Gasteiger partial charge in [-0.05, 0) is 6.92 Å². The summed E-state index contributed by atoms with van der Waals surface area (Å²) in [5, 5.41) is 13.4. The van der Waals surface area contributed by atoms with Crippen molar-refractivity contribution < 1.29 is 23.6 Å². The molecule has 0 radical (unpaired) electrons. The molecular formula is C14H18FN3O5. The van der Waals surface area contributed by atoms with Crippen LogP contribution in [-0.4, -0.2) is 55.2 Å². The van der Waals surface area contributed by atoms with E-state index in [9.17, 15) is 19.3 Å². The van der Waals surface area contributed by atoms with Gasteiger partial charge in [0.2, 0.25) is 11.7 Å². The molecule has 126 valence electrons. The van der Waals surface area contributed by atoms with Gasteiger partial charge < -0.3 is 14.8 Å². The highest BCUT2D eigenvalue weighted by molar-refractivity contribution is 5.96. The lowest BCUT2D eigenvalue weighted by molar-refractivity contribution is -0.387. The molecule has 1 heterocycles. The maximum Gasteiger partial charge on any atom is 0.307 e. The molecule has 0 saturated carbocycles. The molecule has 1 aromatic rings. The standard InChI is InChI=1S/C14H18FN3O5/c1-9(17-3-5-23-6-4-17)14(19)16-11-8-12(18(20)21)10(15)7-13(11)22-2/h7-9H,3-6H2,1-2H3,(H,16,19). The van der Waals surface area contributed by atoms with Crippen molar-refractivity contribution in [1.82, 2.24) is 4.90 Å². The van der Waals surface area contributed by atoms with Crippen LogP contribution in [0.25, 0.3) is 0 Å². The monoisotopic (exact) mass is 327 g/mol. The Kier molecular flexibility index (Phi) is 5.45. The molecule has 0 aliphatic carbocycles. The Bertz CT molecular complexity index is 604. The van der Waals surface area contributed by atoms with Gasteiger partial charge in [0, 0.05) is 25.2 Å². The third-order valence-corrected chi connectivity index (χ3v) is 3.70. The van der Waals surface area contributed by atoms with Gasteiger partial charge in [-0.15, -0.1) is 0 Å². The summed E-state index contributed by atoms with van der Waals surface area (Å²) in [5.41, 5.74) is -0.661. The van der Waals surface area contributed by atoms with Crippen LogP contribution < -0.4 is 10.1 Å². The fraction of sp³-hybridized carbons (Fsp3) is 0.500. The van der Waals surface area contributed by atoms with Crippen LogP contribution in [-0.2, 0) is 9.53 Å². The Morgan fingerprint density at radius 1 is 1.48 bits per heavy atom. The second-order valence-corrected chi connectivity index (χ2v) is 5.07. The molecule has 0 spiro atoms. The minimum absolute atomic E-state index is 0.0237. The predicted octanol–water partition coefficient (Wildman–Crippen LogP) is 1.40. The zero-order chi connectivity index (χ0) is 17.0. The average molecular weight is 327 g/mol. The van der Waals surface area contributed by atoms with E-state index in [0.717, 1.165) is 12.1 Å². The van der Waals surface area contributed by atoms with Crippen molar-refractivity contribution in [3.8, 4) is 5.75 Å². The first-order valence-corrected chi connectivity index (χ1v) is 7.08. The number of morpholine rings is 1. The van der Waals surface area contributed by atoms with Gasteiger partial charge in [0.25, 0.3) is 0 Å². The molecule has 1 saturated heterocycles. The van der Waals surface area contributed by atoms with E-state index in [2.05, 4.69) is 5.32 Å². The van der Waals surface area contributed by atoms with E-state index in [1.54, 1.807) is 6.92 Å². The summed E-state index contributed by atoms with van der Waals surface area (Å²) >= 11 is 0. The molecule has 1 N–H and O–H groups in total. The molecule has 0 bridgehead atoms. The van der Waals surface area contributed by atoms with Crippen LogP contribution in [0, 0.1) is 15.9 Å². The predicted molar refractivity (Wildman–Crippen MR) is 80.1 cm³/mol. The first-order valence-electron chi connectivity index (χ1n) is 7.08. The minimum atomic E-state index is -1.02. The molecule has 1 unspecified atom stereocenters. The molecule has 1 aliphatic rings. The lowest BCUT2D eigenvalue weighted by Gasteiger charge is -2.31. The highest BCUT2D eigenvalue weighted by atomic mass is 19.1. The maximum atomic E-state index is 13.6. The van der Waals surface area contributed by atoms with E-state index in [-0.39, 0.29) is 17.3 Å². The van der Waals surface area contributed by atoms with Crippen molar-refractivity contribution in [3.05, 3.63) is 28.1 Å². The average Bonchev–Trinajstić information content (AvgIpc) is 2.55. The molecule has 2 rings (SSSR count). The van der Waals surface area contributed by atoms with Gasteiger partial charge in [-0.2, -0.15) is 4.39 Å². The molecule has 1 amide bonds. The third kappa shape index (κ3) is 3.93. The van der Waals surface area contributed by atoms with Crippen LogP contribution in [0.5, 0.6) is 5.75 Å². The number of anilines is 1. The number of methoxy groups -OCH3 is 1. The summed E-state index contributed by atoms with van der Waals surface area (Å²) in [4.78, 5) is 24.2. The molecule has 1 aliphatic heterocycles. The lowest BCUT2D eigenvalue weighted by Crippen LogP contribution is -2.47. The number of ether oxygens (including phenoxy) is 2. The summed E-state index contributed by atoms with van der Waals surface area (Å²) in [7, 11) is 1.29. The smallest absolute Gasteiger partial charge is 0.307 e. The van der Waals surface area contributed by atoms with Crippen LogP contribution in [0.2, 0.25) is 0 Å². The van der Waals surface area contributed by atoms with Crippen LogP contribution in [0.1, 0.15) is 6.92 Å². The zero-order valence-electron chi connectivity index (χ0n) is 12.9. The summed E-state index contributed by atoms with van der Waals surface area (Å²) in [6.45, 7) is 4.06. The number of halogens is 1. The minimum Gasteiger partial charge on any atom is -0.494 e. The molecule has 1 aromatic carbocycles. The number of nitro groups is 1. The second kappa shape index (κ2) is 7.34. The number of nitro benzene ring substituents is 1.